The van der Waals surface area contributed by atoms with E-state index in [1.807, 2.05) is 6.92 Å². The number of esters is 2. The fourth-order valence-corrected chi connectivity index (χ4v) is 1.81. The molecule has 6 heteroatoms. The molecule has 1 rings (SSSR count). The average molecular weight is 319 g/mol. The highest BCUT2D eigenvalue weighted by atomic mass is 35.5. The van der Waals surface area contributed by atoms with Crippen molar-refractivity contribution >= 4 is 35.1 Å². The zero-order chi connectivity index (χ0) is 15.1. The molecule has 0 aliphatic rings. The van der Waals surface area contributed by atoms with Gasteiger partial charge >= 0.3 is 11.9 Å². The SMILES string of the molecule is CCCCOC(=O)c1cc(Cl)c(Cl)cc1C(=O)OCC. The third kappa shape index (κ3) is 4.39. The highest BCUT2D eigenvalue weighted by molar-refractivity contribution is 6.42. The van der Waals surface area contributed by atoms with Crippen molar-refractivity contribution < 1.29 is 19.1 Å². The largest absolute Gasteiger partial charge is 0.462 e. The van der Waals surface area contributed by atoms with Gasteiger partial charge in [0, 0.05) is 0 Å². The van der Waals surface area contributed by atoms with E-state index in [1.54, 1.807) is 6.92 Å². The van der Waals surface area contributed by atoms with Crippen molar-refractivity contribution in [1.82, 2.24) is 0 Å². The van der Waals surface area contributed by atoms with Gasteiger partial charge in [-0.3, -0.25) is 0 Å². The standard InChI is InChI=1S/C14H16Cl2O4/c1-3-5-6-20-14(18)10-8-12(16)11(15)7-9(10)13(17)19-4-2/h7-8H,3-6H2,1-2H3. The van der Waals surface area contributed by atoms with Gasteiger partial charge in [0.15, 0.2) is 0 Å². The summed E-state index contributed by atoms with van der Waals surface area (Å²) in [6.45, 7) is 4.15. The molecular weight excluding hydrogens is 303 g/mol. The van der Waals surface area contributed by atoms with E-state index in [2.05, 4.69) is 0 Å². The Morgan fingerprint density at radius 3 is 1.95 bits per heavy atom. The number of ether oxygens (including phenoxy) is 2. The summed E-state index contributed by atoms with van der Waals surface area (Å²) in [6.07, 6.45) is 1.65. The Kier molecular flexibility index (Phi) is 6.82. The van der Waals surface area contributed by atoms with Gasteiger partial charge in [0.1, 0.15) is 0 Å². The molecule has 1 aromatic carbocycles. The van der Waals surface area contributed by atoms with Gasteiger partial charge in [0.25, 0.3) is 0 Å². The van der Waals surface area contributed by atoms with Gasteiger partial charge in [-0.2, -0.15) is 0 Å². The van der Waals surface area contributed by atoms with Crippen LogP contribution >= 0.6 is 23.2 Å². The van der Waals surface area contributed by atoms with Gasteiger partial charge in [0.2, 0.25) is 0 Å². The van der Waals surface area contributed by atoms with Crippen molar-refractivity contribution in [2.75, 3.05) is 13.2 Å². The molecular formula is C14H16Cl2O4. The number of carbonyl (C=O) groups is 2. The fraction of sp³-hybridized carbons (Fsp3) is 0.429. The summed E-state index contributed by atoms with van der Waals surface area (Å²) < 4.78 is 9.97. The Morgan fingerprint density at radius 1 is 1.00 bits per heavy atom. The van der Waals surface area contributed by atoms with E-state index >= 15 is 0 Å². The minimum absolute atomic E-state index is 0.0581. The summed E-state index contributed by atoms with van der Waals surface area (Å²) in [5.74, 6) is -1.24. The molecule has 0 amide bonds. The number of unbranched alkanes of at least 4 members (excludes halogenated alkanes) is 1. The molecule has 0 saturated heterocycles. The smallest absolute Gasteiger partial charge is 0.339 e. The lowest BCUT2D eigenvalue weighted by atomic mass is 10.1. The van der Waals surface area contributed by atoms with Gasteiger partial charge < -0.3 is 9.47 Å². The fourth-order valence-electron chi connectivity index (χ4n) is 1.48. The molecule has 0 bridgehead atoms. The van der Waals surface area contributed by atoms with Crippen molar-refractivity contribution in [3.05, 3.63) is 33.3 Å². The van der Waals surface area contributed by atoms with Gasteiger partial charge in [-0.05, 0) is 25.5 Å². The molecule has 4 nitrogen and oxygen atoms in total. The van der Waals surface area contributed by atoms with Crippen LogP contribution < -0.4 is 0 Å². The maximum atomic E-state index is 12.0. The predicted octanol–water partition coefficient (Wildman–Crippen LogP) is 4.13. The molecule has 0 saturated carbocycles. The lowest BCUT2D eigenvalue weighted by Gasteiger charge is -2.10. The molecule has 1 aromatic rings. The van der Waals surface area contributed by atoms with Crippen LogP contribution in [0.1, 0.15) is 47.4 Å². The first kappa shape index (κ1) is 16.8. The Balaban J connectivity index is 3.06. The Hall–Kier alpha value is -1.26. The first-order valence-corrected chi connectivity index (χ1v) is 7.10. The van der Waals surface area contributed by atoms with Crippen LogP contribution in [0.4, 0.5) is 0 Å². The van der Waals surface area contributed by atoms with Gasteiger partial charge in [0.05, 0.1) is 34.4 Å². The Labute approximate surface area is 128 Å². The normalized spacial score (nSPS) is 10.2. The van der Waals surface area contributed by atoms with Crippen LogP contribution in [-0.4, -0.2) is 25.2 Å². The molecule has 20 heavy (non-hydrogen) atoms. The summed E-state index contributed by atoms with van der Waals surface area (Å²) in [4.78, 5) is 23.8. The van der Waals surface area contributed by atoms with E-state index in [0.717, 1.165) is 12.8 Å². The molecule has 0 fully saturated rings. The summed E-state index contributed by atoms with van der Waals surface area (Å²) in [7, 11) is 0. The minimum Gasteiger partial charge on any atom is -0.462 e. The van der Waals surface area contributed by atoms with Gasteiger partial charge in [-0.15, -0.1) is 0 Å². The Morgan fingerprint density at radius 2 is 1.50 bits per heavy atom. The molecule has 0 aromatic heterocycles. The average Bonchev–Trinajstić information content (AvgIpc) is 2.41. The summed E-state index contributed by atoms with van der Waals surface area (Å²) >= 11 is 11.8. The molecule has 0 radical (unpaired) electrons. The van der Waals surface area contributed by atoms with Crippen molar-refractivity contribution in [1.29, 1.82) is 0 Å². The van der Waals surface area contributed by atoms with E-state index in [9.17, 15) is 9.59 Å². The molecule has 0 spiro atoms. The van der Waals surface area contributed by atoms with E-state index in [1.165, 1.54) is 12.1 Å². The molecule has 0 aliphatic heterocycles. The zero-order valence-corrected chi connectivity index (χ0v) is 12.9. The van der Waals surface area contributed by atoms with Crippen LogP contribution in [0.15, 0.2) is 12.1 Å². The van der Waals surface area contributed by atoms with Crippen LogP contribution in [0.5, 0.6) is 0 Å². The van der Waals surface area contributed by atoms with Crippen LogP contribution in [0.25, 0.3) is 0 Å². The lowest BCUT2D eigenvalue weighted by molar-refractivity contribution is 0.0464. The predicted molar refractivity (Wildman–Crippen MR) is 77.6 cm³/mol. The molecule has 0 unspecified atom stereocenters. The van der Waals surface area contributed by atoms with Crippen molar-refractivity contribution in [3.63, 3.8) is 0 Å². The number of rotatable bonds is 6. The molecule has 110 valence electrons. The van der Waals surface area contributed by atoms with E-state index in [4.69, 9.17) is 32.7 Å². The number of carbonyl (C=O) groups excluding carboxylic acids is 2. The third-order valence-electron chi connectivity index (χ3n) is 2.51. The first-order chi connectivity index (χ1) is 9.51. The maximum absolute atomic E-state index is 12.0. The molecule has 0 atom stereocenters. The van der Waals surface area contributed by atoms with E-state index < -0.39 is 11.9 Å². The first-order valence-electron chi connectivity index (χ1n) is 6.34. The highest BCUT2D eigenvalue weighted by Crippen LogP contribution is 2.27. The number of halogens is 2. The quantitative estimate of drug-likeness (QED) is 0.584. The summed E-state index contributed by atoms with van der Waals surface area (Å²) in [6, 6.07) is 2.64. The second kappa shape index (κ2) is 8.12. The second-order valence-corrected chi connectivity index (χ2v) is 4.84. The highest BCUT2D eigenvalue weighted by Gasteiger charge is 2.21. The molecule has 0 heterocycles. The monoisotopic (exact) mass is 318 g/mol. The van der Waals surface area contributed by atoms with Crippen molar-refractivity contribution in [3.8, 4) is 0 Å². The lowest BCUT2D eigenvalue weighted by Crippen LogP contribution is -2.14. The molecule has 0 aliphatic carbocycles. The van der Waals surface area contributed by atoms with Crippen LogP contribution in [-0.2, 0) is 9.47 Å². The topological polar surface area (TPSA) is 52.6 Å². The van der Waals surface area contributed by atoms with Crippen molar-refractivity contribution in [2.45, 2.75) is 26.7 Å². The minimum atomic E-state index is -0.631. The van der Waals surface area contributed by atoms with E-state index in [0.29, 0.717) is 0 Å². The van der Waals surface area contributed by atoms with Crippen LogP contribution in [0.3, 0.4) is 0 Å². The third-order valence-corrected chi connectivity index (χ3v) is 3.23. The number of benzene rings is 1. The van der Waals surface area contributed by atoms with E-state index in [-0.39, 0.29) is 34.4 Å². The van der Waals surface area contributed by atoms with Crippen LogP contribution in [0, 0.1) is 0 Å². The van der Waals surface area contributed by atoms with Crippen molar-refractivity contribution in [2.24, 2.45) is 0 Å². The number of hydrogen-bond donors (Lipinski definition) is 0. The molecule has 0 N–H and O–H groups in total. The zero-order valence-electron chi connectivity index (χ0n) is 11.4. The Bertz CT molecular complexity index is 500. The van der Waals surface area contributed by atoms with Gasteiger partial charge in [-0.25, -0.2) is 9.59 Å². The van der Waals surface area contributed by atoms with Gasteiger partial charge in [-0.1, -0.05) is 36.5 Å². The maximum Gasteiger partial charge on any atom is 0.339 e. The van der Waals surface area contributed by atoms with Crippen LogP contribution in [0.2, 0.25) is 10.0 Å². The summed E-state index contributed by atoms with van der Waals surface area (Å²) in [5, 5.41) is 0.363. The second-order valence-electron chi connectivity index (χ2n) is 4.02. The number of hydrogen-bond acceptors (Lipinski definition) is 4. The summed E-state index contributed by atoms with van der Waals surface area (Å²) in [5.41, 5.74) is 0.122.